The predicted molar refractivity (Wildman–Crippen MR) is 245 cm³/mol. The Hall–Kier alpha value is -6.21. The molecule has 4 aromatic carbocycles. The number of benzene rings is 4. The van der Waals surface area contributed by atoms with Crippen molar-refractivity contribution in [3.8, 4) is 34.6 Å². The van der Waals surface area contributed by atoms with Crippen LogP contribution in [0.4, 0.5) is 15.3 Å². The summed E-state index contributed by atoms with van der Waals surface area (Å²) in [6.07, 6.45) is -0.149. The molecule has 3 amide bonds. The van der Waals surface area contributed by atoms with E-state index in [-0.39, 0.29) is 31.9 Å². The third kappa shape index (κ3) is 13.7. The van der Waals surface area contributed by atoms with E-state index in [1.165, 1.54) is 22.1 Å². The number of fused-ring (bicyclic) bond motifs is 2. The van der Waals surface area contributed by atoms with E-state index in [4.69, 9.17) is 62.8 Å². The van der Waals surface area contributed by atoms with Crippen molar-refractivity contribution in [3.05, 3.63) is 129 Å². The van der Waals surface area contributed by atoms with E-state index in [2.05, 4.69) is 20.1 Å². The second kappa shape index (κ2) is 23.1. The van der Waals surface area contributed by atoms with E-state index < -0.39 is 12.2 Å². The Kier molecular flexibility index (Phi) is 17.2. The first-order valence-corrected chi connectivity index (χ1v) is 21.1. The Bertz CT molecular complexity index is 2310. The summed E-state index contributed by atoms with van der Waals surface area (Å²) in [7, 11) is 0. The SMILES string of the molecule is Cl.NCc1ccc(Oc2ccc(NC(=O)c3ccc(Cl)c(Cl)c3)cn2)cc1.O=C(O)N1CCN(Cc2ccc3c(c2)OCO3)CC1.O=C(O)N1CCN(Cc2ccc3c(c2)OCO3)CC1. The number of aromatic nitrogens is 1. The molecule has 0 atom stereocenters. The standard InChI is InChI=1S/C19H15Cl2N3O2.2C13H16N2O4.ClH/c20-16-7-3-13(9-17(16)21)19(25)24-14-4-8-18(23-11-14)26-15-5-1-12(10-22)2-6-15;2*16-13(17)15-5-3-14(4-6-15)8-10-1-2-11-12(7-10)19-9-18-11;/h1-9,11H,10,22H2,(H,24,25);2*1-2,7H,3-6,8-9H2,(H,16,17);1H. The summed E-state index contributed by atoms with van der Waals surface area (Å²) in [6.45, 7) is 8.01. The molecule has 20 heteroatoms. The molecule has 1 aromatic heterocycles. The molecule has 5 aromatic rings. The average molecular weight is 953 g/mol. The second-order valence-electron chi connectivity index (χ2n) is 14.9. The number of ether oxygens (including phenoxy) is 5. The smallest absolute Gasteiger partial charge is 0.407 e. The molecule has 2 fully saturated rings. The lowest BCUT2D eigenvalue weighted by Crippen LogP contribution is -2.47. The highest BCUT2D eigenvalue weighted by molar-refractivity contribution is 6.42. The molecule has 0 saturated carbocycles. The first kappa shape index (κ1) is 48.3. The monoisotopic (exact) mass is 951 g/mol. The highest BCUT2D eigenvalue weighted by atomic mass is 35.5. The molecule has 65 heavy (non-hydrogen) atoms. The van der Waals surface area contributed by atoms with Crippen molar-refractivity contribution in [2.45, 2.75) is 19.6 Å². The summed E-state index contributed by atoms with van der Waals surface area (Å²) in [5.74, 6) is 3.93. The van der Waals surface area contributed by atoms with Crippen LogP contribution in [0.5, 0.6) is 34.6 Å². The Labute approximate surface area is 391 Å². The molecular formula is C45H48Cl3N7O10. The zero-order valence-electron chi connectivity index (χ0n) is 35.1. The predicted octanol–water partition coefficient (Wildman–Crippen LogP) is 7.74. The zero-order chi connectivity index (χ0) is 45.0. The number of hydrogen-bond donors (Lipinski definition) is 4. The van der Waals surface area contributed by atoms with Gasteiger partial charge in [-0.1, -0.05) is 47.5 Å². The number of amides is 3. The minimum absolute atomic E-state index is 0. The summed E-state index contributed by atoms with van der Waals surface area (Å²) < 4.78 is 26.9. The molecule has 5 heterocycles. The van der Waals surface area contributed by atoms with Crippen molar-refractivity contribution >= 4 is 59.4 Å². The van der Waals surface area contributed by atoms with Crippen LogP contribution in [-0.2, 0) is 19.6 Å². The molecule has 0 radical (unpaired) electrons. The van der Waals surface area contributed by atoms with Crippen LogP contribution in [0.2, 0.25) is 10.0 Å². The Balaban J connectivity index is 0.000000163. The fourth-order valence-corrected chi connectivity index (χ4v) is 7.26. The molecule has 0 bridgehead atoms. The number of piperazine rings is 2. The molecule has 2 saturated heterocycles. The van der Waals surface area contributed by atoms with Crippen LogP contribution < -0.4 is 34.7 Å². The van der Waals surface area contributed by atoms with E-state index in [1.54, 1.807) is 24.3 Å². The van der Waals surface area contributed by atoms with Gasteiger partial charge in [0.2, 0.25) is 19.5 Å². The third-order valence-corrected chi connectivity index (χ3v) is 11.3. The number of halogens is 3. The Morgan fingerprint density at radius 2 is 1.14 bits per heavy atom. The van der Waals surface area contributed by atoms with E-state index >= 15 is 0 Å². The molecule has 17 nitrogen and oxygen atoms in total. The molecule has 5 N–H and O–H groups in total. The number of nitrogens with one attached hydrogen (secondary N) is 1. The van der Waals surface area contributed by atoms with Gasteiger partial charge in [-0.15, -0.1) is 12.4 Å². The molecule has 344 valence electrons. The normalized spacial score (nSPS) is 15.1. The number of carboxylic acid groups (broad SMARTS) is 2. The average Bonchev–Trinajstić information content (AvgIpc) is 3.99. The van der Waals surface area contributed by atoms with Crippen molar-refractivity contribution < 1.29 is 48.3 Å². The topological polar surface area (TPSA) is 202 Å². The lowest BCUT2D eigenvalue weighted by molar-refractivity contribution is 0.102. The van der Waals surface area contributed by atoms with Gasteiger partial charge in [-0.2, -0.15) is 0 Å². The van der Waals surface area contributed by atoms with E-state index in [9.17, 15) is 14.4 Å². The van der Waals surface area contributed by atoms with Gasteiger partial charge in [-0.3, -0.25) is 14.6 Å². The van der Waals surface area contributed by atoms with Crippen molar-refractivity contribution in [3.63, 3.8) is 0 Å². The van der Waals surface area contributed by atoms with Crippen LogP contribution in [0.1, 0.15) is 27.0 Å². The Morgan fingerprint density at radius 3 is 1.60 bits per heavy atom. The molecule has 0 spiro atoms. The van der Waals surface area contributed by atoms with Gasteiger partial charge in [-0.25, -0.2) is 14.6 Å². The van der Waals surface area contributed by atoms with Gasteiger partial charge < -0.3 is 54.7 Å². The first-order chi connectivity index (χ1) is 31.0. The fraction of sp³-hybridized carbons (Fsp3) is 0.289. The first-order valence-electron chi connectivity index (χ1n) is 20.4. The summed E-state index contributed by atoms with van der Waals surface area (Å²) in [6, 6.07) is 27.4. The van der Waals surface area contributed by atoms with Crippen molar-refractivity contribution in [1.82, 2.24) is 24.6 Å². The van der Waals surface area contributed by atoms with E-state index in [1.807, 2.05) is 60.7 Å². The third-order valence-electron chi connectivity index (χ3n) is 10.5. The van der Waals surface area contributed by atoms with E-state index in [0.717, 1.165) is 79.0 Å². The molecule has 0 unspecified atom stereocenters. The fourth-order valence-electron chi connectivity index (χ4n) is 6.96. The minimum atomic E-state index is -0.831. The number of carbonyl (C=O) groups excluding carboxylic acids is 1. The minimum Gasteiger partial charge on any atom is -0.465 e. The van der Waals surface area contributed by atoms with Crippen molar-refractivity contribution in [2.24, 2.45) is 5.73 Å². The number of pyridine rings is 1. The van der Waals surface area contributed by atoms with Crippen LogP contribution >= 0.6 is 35.6 Å². The van der Waals surface area contributed by atoms with Gasteiger partial charge >= 0.3 is 12.2 Å². The summed E-state index contributed by atoms with van der Waals surface area (Å²) in [5, 5.41) is 21.2. The summed E-state index contributed by atoms with van der Waals surface area (Å²) in [4.78, 5) is 45.5. The van der Waals surface area contributed by atoms with Crippen LogP contribution in [0.15, 0.2) is 97.2 Å². The lowest BCUT2D eigenvalue weighted by Gasteiger charge is -2.33. The molecule has 4 aliphatic heterocycles. The van der Waals surface area contributed by atoms with Crippen LogP contribution in [0, 0.1) is 0 Å². The highest BCUT2D eigenvalue weighted by Gasteiger charge is 2.23. The zero-order valence-corrected chi connectivity index (χ0v) is 37.4. The number of nitrogens with zero attached hydrogens (tertiary/aromatic N) is 5. The van der Waals surface area contributed by atoms with Gasteiger partial charge in [0.05, 0.1) is 21.9 Å². The number of carbonyl (C=O) groups is 3. The van der Waals surface area contributed by atoms with E-state index in [0.29, 0.717) is 65.6 Å². The van der Waals surface area contributed by atoms with Crippen LogP contribution in [-0.4, -0.2) is 119 Å². The number of anilines is 1. The maximum atomic E-state index is 12.2. The number of rotatable bonds is 9. The number of hydrogen-bond acceptors (Lipinski definition) is 12. The summed E-state index contributed by atoms with van der Waals surface area (Å²) in [5.41, 5.74) is 9.84. The molecule has 4 aliphatic rings. The maximum Gasteiger partial charge on any atom is 0.407 e. The van der Waals surface area contributed by atoms with Gasteiger partial charge in [0.1, 0.15) is 5.75 Å². The maximum absolute atomic E-state index is 12.2. The van der Waals surface area contributed by atoms with Gasteiger partial charge in [0, 0.05) is 83.6 Å². The summed E-state index contributed by atoms with van der Waals surface area (Å²) >= 11 is 11.8. The van der Waals surface area contributed by atoms with Crippen LogP contribution in [0.25, 0.3) is 0 Å². The van der Waals surface area contributed by atoms with Crippen molar-refractivity contribution in [2.75, 3.05) is 71.3 Å². The quantitative estimate of drug-likeness (QED) is 0.112. The van der Waals surface area contributed by atoms with Crippen LogP contribution in [0.3, 0.4) is 0 Å². The molecular weight excluding hydrogens is 905 g/mol. The Morgan fingerprint density at radius 1 is 0.631 bits per heavy atom. The molecule has 9 rings (SSSR count). The van der Waals surface area contributed by atoms with Gasteiger partial charge in [0.25, 0.3) is 5.91 Å². The number of nitrogens with two attached hydrogens (primary N) is 1. The molecule has 0 aliphatic carbocycles. The van der Waals surface area contributed by atoms with Crippen molar-refractivity contribution in [1.29, 1.82) is 0 Å². The lowest BCUT2D eigenvalue weighted by atomic mass is 10.1. The largest absolute Gasteiger partial charge is 0.465 e. The van der Waals surface area contributed by atoms with Gasteiger partial charge in [0.15, 0.2) is 23.0 Å². The van der Waals surface area contributed by atoms with Gasteiger partial charge in [-0.05, 0) is 77.4 Å². The highest BCUT2D eigenvalue weighted by Crippen LogP contribution is 2.34. The second-order valence-corrected chi connectivity index (χ2v) is 15.7.